The number of rotatable bonds is 14. The molecule has 1 aromatic heterocycles. The molecule has 16 nitrogen and oxygen atoms in total. The third-order valence-electron chi connectivity index (χ3n) is 11.3. The monoisotopic (exact) mass is 796 g/mol. The van der Waals surface area contributed by atoms with Crippen molar-refractivity contribution in [1.29, 1.82) is 0 Å². The summed E-state index contributed by atoms with van der Waals surface area (Å²) in [5.41, 5.74) is -1.67. The number of sulfonamides is 1. The fourth-order valence-electron chi connectivity index (χ4n) is 7.71. The first-order chi connectivity index (χ1) is 26.5. The Labute approximate surface area is 327 Å². The standard InChI is InChI=1S/C39H52N6O10S/c1-8-24-19-39(24,34(48)44-56(50,51)27-17-18-27)43-31(46)29-20-38(54-7,25-15-13-23(14-16-25)28-21-40-35(53-6)42-32(28)52-5)22-45(29)33(47)30(37(2,3)4)41-36(49)55-26-11-9-10-12-26/h8,13-16,21,24,26-27,29-30H,1,9-12,17-20,22H2,2-7H3,(H,41,49)(H,43,46)(H,44,48)/t24-,29+,30-,38+,39-/m1/s1. The highest BCUT2D eigenvalue weighted by Gasteiger charge is 2.62. The van der Waals surface area contributed by atoms with E-state index in [1.54, 1.807) is 27.0 Å². The molecule has 5 atom stereocenters. The van der Waals surface area contributed by atoms with Crippen LogP contribution < -0.4 is 24.8 Å². The van der Waals surface area contributed by atoms with Gasteiger partial charge in [0.15, 0.2) is 0 Å². The van der Waals surface area contributed by atoms with Gasteiger partial charge in [-0.3, -0.25) is 19.1 Å². The number of carbonyl (C=O) groups excluding carboxylic acids is 4. The van der Waals surface area contributed by atoms with Gasteiger partial charge < -0.3 is 34.5 Å². The van der Waals surface area contributed by atoms with E-state index in [1.165, 1.54) is 32.3 Å². The Morgan fingerprint density at radius 3 is 2.23 bits per heavy atom. The van der Waals surface area contributed by atoms with Crippen molar-refractivity contribution in [2.75, 3.05) is 27.9 Å². The Morgan fingerprint density at radius 1 is 1.00 bits per heavy atom. The fraction of sp³-hybridized carbons (Fsp3) is 0.590. The fourth-order valence-corrected chi connectivity index (χ4v) is 9.08. The zero-order valence-electron chi connectivity index (χ0n) is 32.8. The third-order valence-corrected chi connectivity index (χ3v) is 13.2. The van der Waals surface area contributed by atoms with Crippen molar-refractivity contribution in [3.63, 3.8) is 0 Å². The zero-order valence-corrected chi connectivity index (χ0v) is 33.6. The van der Waals surface area contributed by atoms with Crippen LogP contribution in [0.5, 0.6) is 11.9 Å². The van der Waals surface area contributed by atoms with E-state index in [-0.39, 0.29) is 31.5 Å². The van der Waals surface area contributed by atoms with Crippen molar-refractivity contribution in [1.82, 2.24) is 30.2 Å². The number of hydrogen-bond donors (Lipinski definition) is 3. The first-order valence-electron chi connectivity index (χ1n) is 18.9. The molecule has 3 N–H and O–H groups in total. The lowest BCUT2D eigenvalue weighted by atomic mass is 9.85. The molecule has 1 aliphatic heterocycles. The SMILES string of the molecule is C=C[C@@H]1C[C@]1(NC(=O)[C@@H]1C[C@@](OC)(c2ccc(-c3cnc(OC)nc3OC)cc2)CN1C(=O)[C@@H](NC(=O)OC1CCCC1)C(C)(C)C)C(=O)NS(=O)(=O)C1CC1. The van der Waals surface area contributed by atoms with Gasteiger partial charge in [0.05, 0.1) is 31.6 Å². The average molecular weight is 797 g/mol. The molecule has 1 aromatic carbocycles. The van der Waals surface area contributed by atoms with Crippen molar-refractivity contribution in [3.05, 3.63) is 48.7 Å². The highest BCUT2D eigenvalue weighted by Crippen LogP contribution is 2.47. The quantitative estimate of drug-likeness (QED) is 0.236. The average Bonchev–Trinajstić information content (AvgIpc) is 4.06. The molecule has 4 fully saturated rings. The number of benzene rings is 1. The van der Waals surface area contributed by atoms with E-state index in [2.05, 4.69) is 31.9 Å². The molecule has 17 heteroatoms. The van der Waals surface area contributed by atoms with Crippen molar-refractivity contribution in [2.24, 2.45) is 11.3 Å². The van der Waals surface area contributed by atoms with Gasteiger partial charge in [0.1, 0.15) is 29.3 Å². The maximum atomic E-state index is 14.8. The molecular weight excluding hydrogens is 745 g/mol. The van der Waals surface area contributed by atoms with Crippen molar-refractivity contribution in [2.45, 2.75) is 107 Å². The molecule has 0 spiro atoms. The first kappa shape index (κ1) is 40.9. The van der Waals surface area contributed by atoms with Gasteiger partial charge in [0, 0.05) is 25.6 Å². The molecule has 304 valence electrons. The number of carbonyl (C=O) groups is 4. The topological polar surface area (TPSA) is 204 Å². The number of nitrogens with zero attached hydrogens (tertiary/aromatic N) is 3. The maximum Gasteiger partial charge on any atom is 0.408 e. The van der Waals surface area contributed by atoms with E-state index in [0.717, 1.165) is 31.2 Å². The summed E-state index contributed by atoms with van der Waals surface area (Å²) in [4.78, 5) is 66.0. The molecule has 2 aromatic rings. The summed E-state index contributed by atoms with van der Waals surface area (Å²) in [5, 5.41) is 4.95. The number of nitrogens with one attached hydrogen (secondary N) is 3. The minimum atomic E-state index is -3.92. The summed E-state index contributed by atoms with van der Waals surface area (Å²) in [6.07, 6.45) is 6.49. The molecule has 0 radical (unpaired) electrons. The van der Waals surface area contributed by atoms with Gasteiger partial charge in [-0.15, -0.1) is 6.58 Å². The van der Waals surface area contributed by atoms with E-state index in [9.17, 15) is 27.6 Å². The molecule has 0 bridgehead atoms. The second-order valence-corrected chi connectivity index (χ2v) is 18.1. The van der Waals surface area contributed by atoms with Crippen molar-refractivity contribution >= 4 is 33.8 Å². The van der Waals surface area contributed by atoms with E-state index in [0.29, 0.717) is 29.8 Å². The predicted octanol–water partition coefficient (Wildman–Crippen LogP) is 3.36. The van der Waals surface area contributed by atoms with Crippen LogP contribution in [0.3, 0.4) is 0 Å². The summed E-state index contributed by atoms with van der Waals surface area (Å²) in [5.74, 6) is -2.33. The number of likely N-dealkylation sites (tertiary alicyclic amines) is 1. The van der Waals surface area contributed by atoms with Crippen LogP contribution in [-0.4, -0.2) is 104 Å². The lowest BCUT2D eigenvalue weighted by molar-refractivity contribution is -0.143. The van der Waals surface area contributed by atoms with Gasteiger partial charge in [-0.25, -0.2) is 18.2 Å². The lowest BCUT2D eigenvalue weighted by Crippen LogP contribution is -2.60. The molecule has 4 amide bonds. The van der Waals surface area contributed by atoms with Gasteiger partial charge >= 0.3 is 12.1 Å². The van der Waals surface area contributed by atoms with Gasteiger partial charge in [-0.1, -0.05) is 51.1 Å². The number of methoxy groups -OCH3 is 3. The van der Waals surface area contributed by atoms with E-state index >= 15 is 0 Å². The minimum Gasteiger partial charge on any atom is -0.480 e. The lowest BCUT2D eigenvalue weighted by Gasteiger charge is -2.36. The predicted molar refractivity (Wildman–Crippen MR) is 204 cm³/mol. The van der Waals surface area contributed by atoms with E-state index in [1.807, 2.05) is 24.3 Å². The second kappa shape index (κ2) is 15.6. The number of alkyl carbamates (subject to hydrolysis) is 1. The largest absolute Gasteiger partial charge is 0.480 e. The van der Waals surface area contributed by atoms with Crippen LogP contribution in [0.2, 0.25) is 0 Å². The molecule has 1 saturated heterocycles. The summed E-state index contributed by atoms with van der Waals surface area (Å²) in [6.45, 7) is 9.10. The molecule has 56 heavy (non-hydrogen) atoms. The molecule has 0 unspecified atom stereocenters. The molecule has 6 rings (SSSR count). The smallest absolute Gasteiger partial charge is 0.408 e. The summed E-state index contributed by atoms with van der Waals surface area (Å²) in [7, 11) is 0.507. The Bertz CT molecular complexity index is 1960. The van der Waals surface area contributed by atoms with Crippen LogP contribution in [0.15, 0.2) is 43.1 Å². The summed E-state index contributed by atoms with van der Waals surface area (Å²) >= 11 is 0. The van der Waals surface area contributed by atoms with Gasteiger partial charge in [0.25, 0.3) is 5.91 Å². The Morgan fingerprint density at radius 2 is 1.68 bits per heavy atom. The summed E-state index contributed by atoms with van der Waals surface area (Å²) < 4.78 is 50.2. The van der Waals surface area contributed by atoms with Crippen molar-refractivity contribution < 1.29 is 46.5 Å². The van der Waals surface area contributed by atoms with Gasteiger partial charge in [0.2, 0.25) is 27.7 Å². The van der Waals surface area contributed by atoms with Crippen LogP contribution in [-0.2, 0) is 39.5 Å². The molecule has 2 heterocycles. The number of ether oxygens (including phenoxy) is 4. The van der Waals surface area contributed by atoms with Crippen LogP contribution in [0.4, 0.5) is 4.79 Å². The number of hydrogen-bond acceptors (Lipinski definition) is 12. The molecule has 3 saturated carbocycles. The molecule has 3 aliphatic carbocycles. The Kier molecular flexibility index (Phi) is 11.4. The highest BCUT2D eigenvalue weighted by atomic mass is 32.2. The zero-order chi connectivity index (χ0) is 40.6. The maximum absolute atomic E-state index is 14.8. The molecule has 4 aliphatic rings. The number of amides is 4. The summed E-state index contributed by atoms with van der Waals surface area (Å²) in [6, 6.07) is 5.09. The van der Waals surface area contributed by atoms with E-state index in [4.69, 9.17) is 18.9 Å². The van der Waals surface area contributed by atoms with E-state index < -0.39 is 73.6 Å². The minimum absolute atomic E-state index is 0.0321. The van der Waals surface area contributed by atoms with Crippen molar-refractivity contribution in [3.8, 4) is 23.0 Å². The number of aromatic nitrogens is 2. The second-order valence-electron chi connectivity index (χ2n) is 16.2. The van der Waals surface area contributed by atoms with Crippen LogP contribution in [0, 0.1) is 11.3 Å². The van der Waals surface area contributed by atoms with Crippen LogP contribution in [0.25, 0.3) is 11.1 Å². The van der Waals surface area contributed by atoms with Crippen LogP contribution in [0.1, 0.15) is 77.7 Å². The highest BCUT2D eigenvalue weighted by molar-refractivity contribution is 7.91. The van der Waals surface area contributed by atoms with Crippen LogP contribution >= 0.6 is 0 Å². The first-order valence-corrected chi connectivity index (χ1v) is 20.4. The Hall–Kier alpha value is -4.77. The Balaban J connectivity index is 1.33. The van der Waals surface area contributed by atoms with Gasteiger partial charge in [-0.2, -0.15) is 4.98 Å². The van der Waals surface area contributed by atoms with Gasteiger partial charge in [-0.05, 0) is 61.5 Å². The molecular formula is C39H52N6O10S. The normalized spacial score (nSPS) is 25.5. The third kappa shape index (κ3) is 8.19.